The first-order valence-electron chi connectivity index (χ1n) is 16.1. The average Bonchev–Trinajstić information content (AvgIpc) is 3.31. The number of azide groups is 1. The molecule has 8 nitrogen and oxygen atoms in total. The maximum Gasteiger partial charge on any atom is 0.306 e. The summed E-state index contributed by atoms with van der Waals surface area (Å²) in [4.78, 5) is 27.4. The monoisotopic (exact) mass is 569 g/mol. The molecule has 1 N–H and O–H groups in total. The summed E-state index contributed by atoms with van der Waals surface area (Å²) in [6.07, 6.45) is 16.6. The number of hydrogen-bond acceptors (Lipinski definition) is 6. The third-order valence-electron chi connectivity index (χ3n) is 12.0. The molecule has 0 heterocycles. The van der Waals surface area contributed by atoms with Gasteiger partial charge in [-0.2, -0.15) is 0 Å². The van der Waals surface area contributed by atoms with E-state index in [9.17, 15) is 14.7 Å². The summed E-state index contributed by atoms with van der Waals surface area (Å²) in [5.74, 6) is 5.18. The maximum atomic E-state index is 12.4. The Morgan fingerprint density at radius 1 is 1.10 bits per heavy atom. The van der Waals surface area contributed by atoms with E-state index in [1.54, 1.807) is 0 Å². The molecule has 0 radical (unpaired) electrons. The fraction of sp³-hybridized carbons (Fsp3) is 0.879. The predicted molar refractivity (Wildman–Crippen MR) is 157 cm³/mol. The molecule has 8 heteroatoms. The van der Waals surface area contributed by atoms with Gasteiger partial charge in [-0.15, -0.1) is 12.3 Å². The summed E-state index contributed by atoms with van der Waals surface area (Å²) in [6, 6.07) is 0. The summed E-state index contributed by atoms with van der Waals surface area (Å²) < 4.78 is 11.2. The van der Waals surface area contributed by atoms with E-state index in [2.05, 4.69) is 36.7 Å². The zero-order valence-corrected chi connectivity index (χ0v) is 25.4. The van der Waals surface area contributed by atoms with Gasteiger partial charge >= 0.3 is 11.9 Å². The number of rotatable bonds is 12. The van der Waals surface area contributed by atoms with Crippen LogP contribution in [-0.4, -0.2) is 42.4 Å². The van der Waals surface area contributed by atoms with E-state index in [0.29, 0.717) is 80.8 Å². The maximum absolute atomic E-state index is 12.4. The lowest BCUT2D eigenvalue weighted by molar-refractivity contribution is -0.181. The highest BCUT2D eigenvalue weighted by Gasteiger charge is 2.63. The van der Waals surface area contributed by atoms with E-state index < -0.39 is 0 Å². The van der Waals surface area contributed by atoms with Crippen molar-refractivity contribution in [2.24, 2.45) is 51.5 Å². The van der Waals surface area contributed by atoms with Crippen molar-refractivity contribution in [3.05, 3.63) is 10.4 Å². The van der Waals surface area contributed by atoms with Crippen LogP contribution in [0, 0.1) is 58.7 Å². The number of terminal acetylenes is 1. The van der Waals surface area contributed by atoms with Crippen LogP contribution in [0.3, 0.4) is 0 Å². The minimum Gasteiger partial charge on any atom is -0.466 e. The molecule has 4 saturated carbocycles. The first-order chi connectivity index (χ1) is 19.6. The van der Waals surface area contributed by atoms with Crippen molar-refractivity contribution < 1.29 is 24.2 Å². The van der Waals surface area contributed by atoms with Gasteiger partial charge in [-0.25, -0.2) is 0 Å². The molecular formula is C33H51N3O5. The molecule has 0 saturated heterocycles. The highest BCUT2D eigenvalue weighted by atomic mass is 16.5. The van der Waals surface area contributed by atoms with Crippen molar-refractivity contribution in [1.82, 2.24) is 0 Å². The second-order valence-electron chi connectivity index (χ2n) is 13.9. The molecule has 4 aliphatic rings. The van der Waals surface area contributed by atoms with Crippen LogP contribution in [-0.2, 0) is 19.1 Å². The number of nitrogens with zero attached hydrogens (tertiary/aromatic N) is 3. The van der Waals surface area contributed by atoms with Gasteiger partial charge in [0.15, 0.2) is 0 Å². The summed E-state index contributed by atoms with van der Waals surface area (Å²) >= 11 is 0. The van der Waals surface area contributed by atoms with Gasteiger partial charge in [-0.3, -0.25) is 9.59 Å². The van der Waals surface area contributed by atoms with Crippen molar-refractivity contribution in [3.63, 3.8) is 0 Å². The summed E-state index contributed by atoms with van der Waals surface area (Å²) in [7, 11) is 0. The van der Waals surface area contributed by atoms with E-state index in [0.717, 1.165) is 51.4 Å². The van der Waals surface area contributed by atoms with Crippen LogP contribution in [0.25, 0.3) is 10.4 Å². The van der Waals surface area contributed by atoms with Gasteiger partial charge in [0.2, 0.25) is 0 Å². The van der Waals surface area contributed by atoms with Crippen LogP contribution in [0.2, 0.25) is 0 Å². The Morgan fingerprint density at radius 3 is 2.66 bits per heavy atom. The van der Waals surface area contributed by atoms with E-state index >= 15 is 0 Å². The number of aliphatic hydroxyl groups is 1. The van der Waals surface area contributed by atoms with Crippen molar-refractivity contribution in [2.75, 3.05) is 13.2 Å². The molecular weight excluding hydrogens is 518 g/mol. The molecule has 4 rings (SSSR count). The normalized spacial score (nSPS) is 38.3. The molecule has 4 fully saturated rings. The van der Waals surface area contributed by atoms with Gasteiger partial charge in [0.05, 0.1) is 12.7 Å². The molecule has 0 aromatic rings. The smallest absolute Gasteiger partial charge is 0.306 e. The third-order valence-corrected chi connectivity index (χ3v) is 12.0. The molecule has 0 spiro atoms. The second-order valence-corrected chi connectivity index (χ2v) is 13.9. The zero-order chi connectivity index (χ0) is 29.6. The number of unbranched alkanes of at least 4 members (excludes halogenated alkanes) is 1. The van der Waals surface area contributed by atoms with Crippen molar-refractivity contribution >= 4 is 11.9 Å². The van der Waals surface area contributed by atoms with Crippen molar-refractivity contribution in [2.45, 2.75) is 123 Å². The number of hydrogen-bond donors (Lipinski definition) is 1. The lowest BCUT2D eigenvalue weighted by Gasteiger charge is -2.62. The Bertz CT molecular complexity index is 1020. The predicted octanol–water partition coefficient (Wildman–Crippen LogP) is 6.99. The Hall–Kier alpha value is -2.23. The Kier molecular flexibility index (Phi) is 10.7. The van der Waals surface area contributed by atoms with Crippen LogP contribution in [0.15, 0.2) is 5.11 Å². The highest BCUT2D eigenvalue weighted by molar-refractivity contribution is 5.69. The van der Waals surface area contributed by atoms with Gasteiger partial charge in [0.1, 0.15) is 6.10 Å². The van der Waals surface area contributed by atoms with Crippen molar-refractivity contribution in [1.29, 1.82) is 0 Å². The standard InChI is InChI=1S/C33H51N3O5/c1-5-6-7-19-40-30(38)15-10-22(2)26-13-14-27-25-12-11-23-20-24(41-31(39)9-8-18-35-36-34)16-17-32(23,3)28(25)21-29(37)33(26,27)4/h1,22-29,37H,6-21H2,2-4H3/t22-,23-,24-,25+,26-,27+,28+,29+,32+,33-/m1/s1. The van der Waals surface area contributed by atoms with E-state index in [-0.39, 0.29) is 35.0 Å². The number of ether oxygens (including phenoxy) is 2. The second kappa shape index (κ2) is 13.8. The van der Waals surface area contributed by atoms with Crippen LogP contribution >= 0.6 is 0 Å². The SMILES string of the molecule is C#CCCCOC(=O)CC[C@@H](C)[C@H]1CC[C@H]2[C@@H]3CC[C@@H]4C[C@H](OC(=O)CCCN=[N+]=[N-])CC[C@]4(C)[C@H]3C[C@H](O)[C@]12C. The van der Waals surface area contributed by atoms with Gasteiger partial charge in [-0.05, 0) is 122 Å². The number of esters is 2. The van der Waals surface area contributed by atoms with Gasteiger partial charge in [-0.1, -0.05) is 25.9 Å². The van der Waals surface area contributed by atoms with Crippen LogP contribution < -0.4 is 0 Å². The minimum atomic E-state index is -0.332. The van der Waals surface area contributed by atoms with E-state index in [1.807, 2.05) is 0 Å². The molecule has 228 valence electrons. The summed E-state index contributed by atoms with van der Waals surface area (Å²) in [6.45, 7) is 7.77. The number of fused-ring (bicyclic) bond motifs is 5. The summed E-state index contributed by atoms with van der Waals surface area (Å²) in [5, 5.41) is 15.3. The molecule has 0 unspecified atom stereocenters. The third kappa shape index (κ3) is 6.73. The van der Waals surface area contributed by atoms with Crippen LogP contribution in [0.1, 0.15) is 111 Å². The van der Waals surface area contributed by atoms with Crippen LogP contribution in [0.4, 0.5) is 0 Å². The molecule has 41 heavy (non-hydrogen) atoms. The molecule has 0 aromatic heterocycles. The molecule has 0 bridgehead atoms. The molecule has 0 aromatic carbocycles. The Morgan fingerprint density at radius 2 is 1.90 bits per heavy atom. The van der Waals surface area contributed by atoms with Crippen LogP contribution in [0.5, 0.6) is 0 Å². The number of carbonyl (C=O) groups is 2. The zero-order valence-electron chi connectivity index (χ0n) is 25.4. The first-order valence-corrected chi connectivity index (χ1v) is 16.1. The quantitative estimate of drug-likeness (QED) is 0.0678. The Balaban J connectivity index is 1.34. The number of carbonyl (C=O) groups excluding carboxylic acids is 2. The minimum absolute atomic E-state index is 0.0314. The number of aliphatic hydroxyl groups excluding tert-OH is 1. The topological polar surface area (TPSA) is 122 Å². The van der Waals surface area contributed by atoms with Gasteiger partial charge < -0.3 is 14.6 Å². The molecule has 4 aliphatic carbocycles. The molecule has 0 aliphatic heterocycles. The van der Waals surface area contributed by atoms with Gasteiger partial charge in [0, 0.05) is 30.7 Å². The largest absolute Gasteiger partial charge is 0.466 e. The van der Waals surface area contributed by atoms with E-state index in [1.165, 1.54) is 6.42 Å². The fourth-order valence-electron chi connectivity index (χ4n) is 9.81. The molecule has 0 amide bonds. The average molecular weight is 570 g/mol. The lowest BCUT2D eigenvalue weighted by Crippen LogP contribution is -2.59. The first kappa shape index (κ1) is 31.7. The highest BCUT2D eigenvalue weighted by Crippen LogP contribution is 2.68. The molecule has 10 atom stereocenters. The van der Waals surface area contributed by atoms with E-state index in [4.69, 9.17) is 21.4 Å². The van der Waals surface area contributed by atoms with Crippen molar-refractivity contribution in [3.8, 4) is 12.3 Å². The summed E-state index contributed by atoms with van der Waals surface area (Å²) in [5.41, 5.74) is 8.47. The van der Waals surface area contributed by atoms with Gasteiger partial charge in [0.25, 0.3) is 0 Å². The Labute approximate surface area is 246 Å². The fourth-order valence-corrected chi connectivity index (χ4v) is 9.81. The lowest BCUT2D eigenvalue weighted by atomic mass is 9.43.